The number of ether oxygens (including phenoxy) is 2. The molecule has 1 amide bonds. The molecule has 1 aliphatic heterocycles. The van der Waals surface area contributed by atoms with Crippen LogP contribution in [-0.4, -0.2) is 65.4 Å². The molecule has 1 N–H and O–H groups in total. The van der Waals surface area contributed by atoms with Gasteiger partial charge in [0.25, 0.3) is 11.7 Å². The molecule has 1 fully saturated rings. The van der Waals surface area contributed by atoms with E-state index in [-0.39, 0.29) is 46.7 Å². The fourth-order valence-electron chi connectivity index (χ4n) is 4.60. The average molecular weight is 633 g/mol. The number of Topliss-reactive ketones (excluding diaryl/α,β-unsaturated/α-hetero) is 1. The normalized spacial score (nSPS) is 14.3. The highest BCUT2D eigenvalue weighted by Gasteiger charge is 2.37. The van der Waals surface area contributed by atoms with E-state index in [0.29, 0.717) is 29.9 Å². The Bertz CT molecular complexity index is 1710. The van der Waals surface area contributed by atoms with Gasteiger partial charge in [0.05, 0.1) is 23.9 Å². The zero-order chi connectivity index (χ0) is 31.8. The lowest BCUT2D eigenvalue weighted by atomic mass is 9.92. The van der Waals surface area contributed by atoms with Crippen LogP contribution in [0.1, 0.15) is 76.1 Å². The minimum absolute atomic E-state index is 0.0323. The lowest BCUT2D eigenvalue weighted by Gasteiger charge is -2.23. The number of aromatic nitrogens is 7. The van der Waals surface area contributed by atoms with Crippen LogP contribution in [0, 0.1) is 6.92 Å². The van der Waals surface area contributed by atoms with Gasteiger partial charge in [-0.25, -0.2) is 9.67 Å². The third-order valence-electron chi connectivity index (χ3n) is 6.45. The molecule has 1 saturated heterocycles. The number of nitrogens with zero attached hydrogens (tertiary/aromatic N) is 7. The Balaban J connectivity index is 1.54. The Kier molecular flexibility index (Phi) is 8.55. The van der Waals surface area contributed by atoms with Crippen molar-refractivity contribution in [2.24, 2.45) is 0 Å². The van der Waals surface area contributed by atoms with Crippen LogP contribution in [-0.2, 0) is 28.6 Å². The minimum atomic E-state index is -4.78. The molecule has 0 atom stereocenters. The molecule has 0 spiro atoms. The van der Waals surface area contributed by atoms with Crippen LogP contribution in [0.4, 0.5) is 13.2 Å². The van der Waals surface area contributed by atoms with Crippen molar-refractivity contribution in [1.29, 1.82) is 0 Å². The molecule has 3 aromatic heterocycles. The summed E-state index contributed by atoms with van der Waals surface area (Å²) in [6.45, 7) is 7.81. The zero-order valence-corrected chi connectivity index (χ0v) is 24.9. The van der Waals surface area contributed by atoms with Crippen LogP contribution in [0.15, 0.2) is 36.5 Å². The average Bonchev–Trinajstić information content (AvgIpc) is 3.70. The molecule has 0 unspecified atom stereocenters. The second-order valence-electron chi connectivity index (χ2n) is 11.1. The summed E-state index contributed by atoms with van der Waals surface area (Å²) in [7, 11) is 0. The van der Waals surface area contributed by atoms with Crippen LogP contribution in [0.5, 0.6) is 0 Å². The molecule has 0 radical (unpaired) electrons. The van der Waals surface area contributed by atoms with Gasteiger partial charge in [0.15, 0.2) is 17.9 Å². The number of amides is 1. The molecule has 4 heterocycles. The topological polar surface area (TPSA) is 139 Å². The molecular weight excluding hydrogens is 605 g/mol. The fraction of sp³-hybridized carbons (Fsp3) is 0.393. The highest BCUT2D eigenvalue weighted by Crippen LogP contribution is 2.30. The largest absolute Gasteiger partial charge is 0.455 e. The maximum atomic E-state index is 14.0. The Morgan fingerprint density at radius 1 is 1.11 bits per heavy atom. The van der Waals surface area contributed by atoms with Crippen LogP contribution in [0.3, 0.4) is 0 Å². The predicted molar refractivity (Wildman–Crippen MR) is 149 cm³/mol. The van der Waals surface area contributed by atoms with Crippen molar-refractivity contribution in [3.63, 3.8) is 0 Å². The van der Waals surface area contributed by atoms with Crippen molar-refractivity contribution in [2.45, 2.75) is 58.7 Å². The number of pyridine rings is 1. The number of alkyl halides is 3. The Morgan fingerprint density at radius 3 is 2.48 bits per heavy atom. The summed E-state index contributed by atoms with van der Waals surface area (Å²) < 4.78 is 51.5. The van der Waals surface area contributed by atoms with Crippen molar-refractivity contribution in [3.05, 3.63) is 81.0 Å². The molecule has 12 nitrogen and oxygen atoms in total. The van der Waals surface area contributed by atoms with E-state index >= 15 is 0 Å². The summed E-state index contributed by atoms with van der Waals surface area (Å²) in [6, 6.07) is 8.00. The second-order valence-corrected chi connectivity index (χ2v) is 11.5. The number of aryl methyl sites for hydroxylation is 1. The molecule has 0 bridgehead atoms. The number of tetrazole rings is 1. The summed E-state index contributed by atoms with van der Waals surface area (Å²) in [5.74, 6) is -2.13. The van der Waals surface area contributed by atoms with Gasteiger partial charge in [0.1, 0.15) is 12.2 Å². The van der Waals surface area contributed by atoms with Gasteiger partial charge in [0, 0.05) is 29.3 Å². The van der Waals surface area contributed by atoms with E-state index < -0.39 is 29.6 Å². The van der Waals surface area contributed by atoms with Crippen LogP contribution < -0.4 is 5.32 Å². The van der Waals surface area contributed by atoms with Gasteiger partial charge >= 0.3 is 6.18 Å². The molecule has 1 aromatic carbocycles. The van der Waals surface area contributed by atoms with E-state index in [1.165, 1.54) is 16.9 Å². The van der Waals surface area contributed by atoms with Gasteiger partial charge in [-0.2, -0.15) is 23.1 Å². The standard InChI is InChI=1S/C28H28ClF3N8O4/c1-15-10-16(25-43-8-9-44-25)11-19(24(42)34-27(2,3)4)18(15)13-22(41)21-12-17(14-39-37-26(35-38-39)28(30,31)32)36-40(21)23-20(29)6-5-7-33-23/h5-7,10-12,25H,8-9,13-14H2,1-4H3,(H,34,42). The van der Waals surface area contributed by atoms with Crippen molar-refractivity contribution >= 4 is 23.3 Å². The minimum Gasteiger partial charge on any atom is -0.347 e. The molecule has 232 valence electrons. The number of carbonyl (C=O) groups is 2. The Labute approximate surface area is 254 Å². The molecule has 0 saturated carbocycles. The molecule has 16 heteroatoms. The quantitative estimate of drug-likeness (QED) is 0.282. The van der Waals surface area contributed by atoms with Crippen molar-refractivity contribution in [1.82, 2.24) is 40.3 Å². The van der Waals surface area contributed by atoms with E-state index in [4.69, 9.17) is 21.1 Å². The lowest BCUT2D eigenvalue weighted by Crippen LogP contribution is -2.41. The van der Waals surface area contributed by atoms with E-state index in [9.17, 15) is 22.8 Å². The number of carbonyl (C=O) groups excluding carboxylic acids is 2. The molecule has 1 aliphatic rings. The summed E-state index contributed by atoms with van der Waals surface area (Å²) in [6.07, 6.45) is -4.18. The summed E-state index contributed by atoms with van der Waals surface area (Å²) in [5, 5.41) is 17.4. The SMILES string of the molecule is Cc1cc(C2OCCO2)cc(C(=O)NC(C)(C)C)c1CC(=O)c1cc(Cn2nnc(C(F)(F)F)n2)nn1-c1ncccc1Cl. The van der Waals surface area contributed by atoms with Crippen LogP contribution >= 0.6 is 11.6 Å². The molecule has 4 aromatic rings. The summed E-state index contributed by atoms with van der Waals surface area (Å²) in [5.41, 5.74) is 1.65. The number of rotatable bonds is 8. The van der Waals surface area contributed by atoms with E-state index in [2.05, 4.69) is 30.8 Å². The van der Waals surface area contributed by atoms with Gasteiger partial charge in [-0.3, -0.25) is 9.59 Å². The van der Waals surface area contributed by atoms with Crippen LogP contribution in [0.2, 0.25) is 5.02 Å². The number of hydrogen-bond acceptors (Lipinski definition) is 9. The van der Waals surface area contributed by atoms with E-state index in [1.807, 2.05) is 20.8 Å². The molecule has 5 rings (SSSR count). The monoisotopic (exact) mass is 632 g/mol. The van der Waals surface area contributed by atoms with Gasteiger partial charge in [-0.05, 0) is 68.3 Å². The van der Waals surface area contributed by atoms with Gasteiger partial charge in [0.2, 0.25) is 0 Å². The van der Waals surface area contributed by atoms with Gasteiger partial charge in [-0.15, -0.1) is 10.2 Å². The highest BCUT2D eigenvalue weighted by atomic mass is 35.5. The number of benzene rings is 1. The van der Waals surface area contributed by atoms with Crippen molar-refractivity contribution in [3.8, 4) is 5.82 Å². The van der Waals surface area contributed by atoms with Gasteiger partial charge < -0.3 is 14.8 Å². The smallest absolute Gasteiger partial charge is 0.347 e. The lowest BCUT2D eigenvalue weighted by molar-refractivity contribution is -0.145. The first-order valence-corrected chi connectivity index (χ1v) is 13.8. The predicted octanol–water partition coefficient (Wildman–Crippen LogP) is 4.28. The first-order chi connectivity index (χ1) is 20.7. The highest BCUT2D eigenvalue weighted by molar-refractivity contribution is 6.32. The Morgan fingerprint density at radius 2 is 1.84 bits per heavy atom. The Hall–Kier alpha value is -4.21. The summed E-state index contributed by atoms with van der Waals surface area (Å²) in [4.78, 5) is 32.4. The number of ketones is 1. The first kappa shape index (κ1) is 31.2. The summed E-state index contributed by atoms with van der Waals surface area (Å²) >= 11 is 6.38. The molecule has 44 heavy (non-hydrogen) atoms. The number of halogens is 4. The first-order valence-electron chi connectivity index (χ1n) is 13.5. The van der Waals surface area contributed by atoms with Crippen molar-refractivity contribution in [2.75, 3.05) is 13.2 Å². The van der Waals surface area contributed by atoms with Crippen molar-refractivity contribution < 1.29 is 32.2 Å². The molecular formula is C28H28ClF3N8O4. The number of nitrogens with one attached hydrogen (secondary N) is 1. The maximum Gasteiger partial charge on any atom is 0.455 e. The van der Waals surface area contributed by atoms with E-state index in [1.54, 1.807) is 31.2 Å². The zero-order valence-electron chi connectivity index (χ0n) is 24.1. The third-order valence-corrected chi connectivity index (χ3v) is 6.75. The maximum absolute atomic E-state index is 14.0. The fourth-order valence-corrected chi connectivity index (χ4v) is 4.80. The van der Waals surface area contributed by atoms with Gasteiger partial charge in [-0.1, -0.05) is 17.7 Å². The van der Waals surface area contributed by atoms with E-state index in [0.717, 1.165) is 4.80 Å². The van der Waals surface area contributed by atoms with Crippen LogP contribution in [0.25, 0.3) is 5.82 Å². The number of hydrogen-bond donors (Lipinski definition) is 1. The third kappa shape index (κ3) is 6.95. The molecule has 0 aliphatic carbocycles. The second kappa shape index (κ2) is 12.1.